The van der Waals surface area contributed by atoms with E-state index in [0.717, 1.165) is 5.69 Å². The number of rotatable bonds is 9. The molecule has 2 aliphatic rings. The summed E-state index contributed by atoms with van der Waals surface area (Å²) >= 11 is 0. The predicted molar refractivity (Wildman–Crippen MR) is 128 cm³/mol. The second kappa shape index (κ2) is 9.88. The largest absolute Gasteiger partial charge is 0.486 e. The lowest BCUT2D eigenvalue weighted by molar-refractivity contribution is 0.0826. The van der Waals surface area contributed by atoms with Crippen molar-refractivity contribution in [3.05, 3.63) is 58.0 Å². The fraction of sp³-hybridized carbons (Fsp3) is 0.480. The third kappa shape index (κ3) is 4.73. The lowest BCUT2D eigenvalue weighted by atomic mass is 10.00. The van der Waals surface area contributed by atoms with Gasteiger partial charge in [-0.2, -0.15) is 0 Å². The molecule has 3 atom stereocenters. The highest BCUT2D eigenvalue weighted by Gasteiger charge is 2.31. The minimum atomic E-state index is -0.652. The summed E-state index contributed by atoms with van der Waals surface area (Å²) in [5.41, 5.74) is 2.39. The van der Waals surface area contributed by atoms with Gasteiger partial charge in [-0.05, 0) is 19.5 Å². The van der Waals surface area contributed by atoms with E-state index >= 15 is 0 Å². The fourth-order valence-corrected chi connectivity index (χ4v) is 4.85. The lowest BCUT2D eigenvalue weighted by Crippen LogP contribution is -2.45. The lowest BCUT2D eigenvalue weighted by Gasteiger charge is -2.29. The molecule has 0 saturated heterocycles. The van der Waals surface area contributed by atoms with Gasteiger partial charge in [0.1, 0.15) is 19.0 Å². The molecular weight excluding hydrogens is 453 g/mol. The normalized spacial score (nSPS) is 18.3. The Labute approximate surface area is 202 Å². The molecule has 3 aromatic heterocycles. The number of fused-ring (bicyclic) bond motifs is 1. The minimum absolute atomic E-state index is 0.151. The molecule has 5 rings (SSSR count). The molecule has 3 aromatic rings. The van der Waals surface area contributed by atoms with Gasteiger partial charge in [0.2, 0.25) is 0 Å². The number of halogens is 1. The van der Waals surface area contributed by atoms with Crippen LogP contribution in [0.4, 0.5) is 4.39 Å². The van der Waals surface area contributed by atoms with Gasteiger partial charge >= 0.3 is 0 Å². The fourth-order valence-electron chi connectivity index (χ4n) is 4.85. The zero-order valence-electron chi connectivity index (χ0n) is 19.9. The van der Waals surface area contributed by atoms with Crippen LogP contribution in [-0.4, -0.2) is 69.5 Å². The summed E-state index contributed by atoms with van der Waals surface area (Å²) in [5.74, 6) is 0.749. The molecule has 2 N–H and O–H groups in total. The molecule has 9 nitrogen and oxygen atoms in total. The van der Waals surface area contributed by atoms with Gasteiger partial charge in [0, 0.05) is 55.8 Å². The van der Waals surface area contributed by atoms with Crippen LogP contribution in [0.3, 0.4) is 0 Å². The first-order chi connectivity index (χ1) is 16.9. The second-order valence-electron chi connectivity index (χ2n) is 9.14. The minimum Gasteiger partial charge on any atom is -0.486 e. The van der Waals surface area contributed by atoms with Crippen LogP contribution in [0, 0.1) is 5.82 Å². The average Bonchev–Trinajstić information content (AvgIpc) is 3.26. The summed E-state index contributed by atoms with van der Waals surface area (Å²) in [5, 5.41) is 14.2. The Kier molecular flexibility index (Phi) is 6.68. The van der Waals surface area contributed by atoms with Gasteiger partial charge in [-0.25, -0.2) is 4.39 Å². The number of nitrogens with one attached hydrogen (secondary N) is 1. The van der Waals surface area contributed by atoms with Crippen molar-refractivity contribution in [1.29, 1.82) is 0 Å². The highest BCUT2D eigenvalue weighted by molar-refractivity contribution is 5.80. The van der Waals surface area contributed by atoms with Gasteiger partial charge in [0.05, 0.1) is 35.2 Å². The van der Waals surface area contributed by atoms with Crippen molar-refractivity contribution in [2.75, 3.05) is 32.8 Å². The van der Waals surface area contributed by atoms with E-state index < -0.39 is 11.9 Å². The van der Waals surface area contributed by atoms with Gasteiger partial charge in [0.15, 0.2) is 11.5 Å². The number of hydrogen-bond donors (Lipinski definition) is 2. The van der Waals surface area contributed by atoms with Crippen molar-refractivity contribution in [3.8, 4) is 11.5 Å². The van der Waals surface area contributed by atoms with Crippen LogP contribution in [0.5, 0.6) is 11.5 Å². The van der Waals surface area contributed by atoms with Crippen LogP contribution in [0.1, 0.15) is 31.0 Å². The third-order valence-electron chi connectivity index (χ3n) is 6.84. The topological polar surface area (TPSA) is 102 Å². The van der Waals surface area contributed by atoms with E-state index in [0.29, 0.717) is 74.0 Å². The molecule has 0 aliphatic carbocycles. The van der Waals surface area contributed by atoms with E-state index in [9.17, 15) is 14.3 Å². The van der Waals surface area contributed by atoms with E-state index in [1.807, 2.05) is 19.9 Å². The van der Waals surface area contributed by atoms with Gasteiger partial charge < -0.3 is 29.4 Å². The van der Waals surface area contributed by atoms with Crippen LogP contribution in [0.2, 0.25) is 0 Å². The Morgan fingerprint density at radius 3 is 2.86 bits per heavy atom. The molecule has 0 aromatic carbocycles. The van der Waals surface area contributed by atoms with Gasteiger partial charge in [-0.3, -0.25) is 14.8 Å². The molecule has 0 saturated carbocycles. The zero-order chi connectivity index (χ0) is 24.5. The van der Waals surface area contributed by atoms with E-state index in [1.54, 1.807) is 16.8 Å². The number of likely N-dealkylation sites (N-methyl/N-ethyl adjacent to an activating group) is 1. The van der Waals surface area contributed by atoms with Crippen molar-refractivity contribution in [2.45, 2.75) is 45.0 Å². The first-order valence-corrected chi connectivity index (χ1v) is 12.0. The summed E-state index contributed by atoms with van der Waals surface area (Å²) in [6.07, 6.45) is 2.24. The third-order valence-corrected chi connectivity index (χ3v) is 6.84. The SMILES string of the molecule is CCN(CC1Cn2c(=O)ccc3ncc(F)c1c32)C[C@@H](O)[C@H](C)NCc1cc2c(cn1)OCCO2. The Morgan fingerprint density at radius 1 is 1.26 bits per heavy atom. The van der Waals surface area contributed by atoms with E-state index in [2.05, 4.69) is 20.2 Å². The van der Waals surface area contributed by atoms with Crippen molar-refractivity contribution < 1.29 is 19.0 Å². The number of nitrogens with zero attached hydrogens (tertiary/aromatic N) is 4. The Bertz CT molecular complexity index is 1280. The van der Waals surface area contributed by atoms with Crippen molar-refractivity contribution in [3.63, 3.8) is 0 Å². The summed E-state index contributed by atoms with van der Waals surface area (Å²) in [4.78, 5) is 23.0. The van der Waals surface area contributed by atoms with E-state index in [1.165, 1.54) is 12.3 Å². The predicted octanol–water partition coefficient (Wildman–Crippen LogP) is 1.66. The molecule has 186 valence electrons. The van der Waals surface area contributed by atoms with Crippen molar-refractivity contribution >= 4 is 11.0 Å². The number of ether oxygens (including phenoxy) is 2. The average molecular weight is 484 g/mol. The van der Waals surface area contributed by atoms with Gasteiger partial charge in [-0.1, -0.05) is 6.92 Å². The maximum Gasteiger partial charge on any atom is 0.251 e. The summed E-state index contributed by atoms with van der Waals surface area (Å²) < 4.78 is 27.5. The summed E-state index contributed by atoms with van der Waals surface area (Å²) in [6.45, 7) is 7.48. The highest BCUT2D eigenvalue weighted by Crippen LogP contribution is 2.34. The molecule has 0 amide bonds. The smallest absolute Gasteiger partial charge is 0.251 e. The first-order valence-electron chi connectivity index (χ1n) is 12.0. The van der Waals surface area contributed by atoms with Crippen molar-refractivity contribution in [2.24, 2.45) is 0 Å². The number of aliphatic hydroxyl groups is 1. The standard InChI is InChI=1S/C25H30FN5O4/c1-3-30(12-16-13-31-23(33)5-4-19-25(31)24(16)18(26)10-29-19)14-20(32)15(2)27-9-17-8-21-22(11-28-17)35-7-6-34-21/h4-5,8,10-11,15-16,20,27,32H,3,6-7,9,12-14H2,1-2H3/t15-,16?,20+/m0/s1. The van der Waals surface area contributed by atoms with Crippen LogP contribution in [0.25, 0.3) is 11.0 Å². The maximum atomic E-state index is 14.8. The van der Waals surface area contributed by atoms with Crippen LogP contribution in [0.15, 0.2) is 35.4 Å². The van der Waals surface area contributed by atoms with Crippen LogP contribution in [-0.2, 0) is 13.1 Å². The number of aromatic nitrogens is 3. The molecule has 0 radical (unpaired) electrons. The Morgan fingerprint density at radius 2 is 2.06 bits per heavy atom. The molecule has 0 spiro atoms. The molecule has 1 unspecified atom stereocenters. The quantitative estimate of drug-likeness (QED) is 0.474. The number of hydrogen-bond acceptors (Lipinski definition) is 8. The Hall–Kier alpha value is -3.08. The highest BCUT2D eigenvalue weighted by atomic mass is 19.1. The molecular formula is C25H30FN5O4. The monoisotopic (exact) mass is 483 g/mol. The number of aliphatic hydroxyl groups excluding tert-OH is 1. The number of pyridine rings is 3. The summed E-state index contributed by atoms with van der Waals surface area (Å²) in [6, 6.07) is 4.77. The van der Waals surface area contributed by atoms with Gasteiger partial charge in [0.25, 0.3) is 5.56 Å². The van der Waals surface area contributed by atoms with E-state index in [4.69, 9.17) is 9.47 Å². The summed E-state index contributed by atoms with van der Waals surface area (Å²) in [7, 11) is 0. The van der Waals surface area contributed by atoms with E-state index in [-0.39, 0.29) is 17.5 Å². The van der Waals surface area contributed by atoms with Crippen LogP contribution < -0.4 is 20.3 Å². The molecule has 0 fully saturated rings. The maximum absolute atomic E-state index is 14.8. The molecule has 0 bridgehead atoms. The molecule has 10 heteroatoms. The van der Waals surface area contributed by atoms with Gasteiger partial charge in [-0.15, -0.1) is 0 Å². The first kappa shape index (κ1) is 23.7. The Balaban J connectivity index is 1.21. The van der Waals surface area contributed by atoms with Crippen LogP contribution >= 0.6 is 0 Å². The molecule has 35 heavy (non-hydrogen) atoms. The zero-order valence-corrected chi connectivity index (χ0v) is 19.9. The molecule has 5 heterocycles. The van der Waals surface area contributed by atoms with Crippen molar-refractivity contribution in [1.82, 2.24) is 24.8 Å². The second-order valence-corrected chi connectivity index (χ2v) is 9.14. The molecule has 2 aliphatic heterocycles.